The zero-order valence-corrected chi connectivity index (χ0v) is 8.42. The number of nitrogens with zero attached hydrogens (tertiary/aromatic N) is 1. The topological polar surface area (TPSA) is 32.3 Å². The van der Waals surface area contributed by atoms with E-state index < -0.39 is 0 Å². The number of carbonyl (C=O) groups is 1. The van der Waals surface area contributed by atoms with E-state index in [2.05, 4.69) is 25.7 Å². The van der Waals surface area contributed by atoms with Crippen LogP contribution in [-0.2, 0) is 0 Å². The number of rotatable bonds is 2. The summed E-state index contributed by atoms with van der Waals surface area (Å²) in [7, 11) is 0. The molecule has 13 heavy (non-hydrogen) atoms. The summed E-state index contributed by atoms with van der Waals surface area (Å²) in [5, 5.41) is 2.71. The van der Waals surface area contributed by atoms with Crippen molar-refractivity contribution in [3.8, 4) is 0 Å². The molecular weight excluding hydrogens is 164 g/mol. The first-order valence-electron chi connectivity index (χ1n) is 4.46. The largest absolute Gasteiger partial charge is 0.325 e. The molecule has 72 valence electrons. The second kappa shape index (κ2) is 3.64. The van der Waals surface area contributed by atoms with Gasteiger partial charge in [-0.2, -0.15) is 0 Å². The molecule has 0 radical (unpaired) electrons. The zero-order chi connectivity index (χ0) is 10.0. The molecule has 0 saturated heterocycles. The normalized spacial score (nSPS) is 17.5. The highest BCUT2D eigenvalue weighted by atomic mass is 16.2. The summed E-state index contributed by atoms with van der Waals surface area (Å²) in [4.78, 5) is 13.1. The molecule has 1 aliphatic heterocycles. The maximum atomic E-state index is 11.4. The molecule has 0 atom stereocenters. The summed E-state index contributed by atoms with van der Waals surface area (Å²) < 4.78 is 0. The molecule has 0 fully saturated rings. The molecule has 0 aliphatic carbocycles. The van der Waals surface area contributed by atoms with Crippen molar-refractivity contribution < 1.29 is 4.79 Å². The lowest BCUT2D eigenvalue weighted by atomic mass is 10.2. The number of nitrogens with one attached hydrogen (secondary N) is 1. The number of hydrogen-bond acceptors (Lipinski definition) is 1. The van der Waals surface area contributed by atoms with Gasteiger partial charge in [0.1, 0.15) is 0 Å². The van der Waals surface area contributed by atoms with Crippen molar-refractivity contribution in [2.45, 2.75) is 20.8 Å². The molecule has 3 heteroatoms. The van der Waals surface area contributed by atoms with Gasteiger partial charge in [0.05, 0.1) is 0 Å². The molecular formula is C10H16N2O. The SMILES string of the molecule is C=C1NC(=O)N(CC(C)C)C=C1C. The van der Waals surface area contributed by atoms with E-state index in [9.17, 15) is 4.79 Å². The van der Waals surface area contributed by atoms with Crippen LogP contribution in [0.5, 0.6) is 0 Å². The first-order valence-corrected chi connectivity index (χ1v) is 4.46. The monoisotopic (exact) mass is 180 g/mol. The van der Waals surface area contributed by atoms with E-state index in [4.69, 9.17) is 0 Å². The molecule has 0 saturated carbocycles. The Morgan fingerprint density at radius 2 is 2.23 bits per heavy atom. The van der Waals surface area contributed by atoms with Crippen LogP contribution in [0.15, 0.2) is 24.0 Å². The maximum absolute atomic E-state index is 11.4. The van der Waals surface area contributed by atoms with E-state index >= 15 is 0 Å². The smallest absolute Gasteiger partial charge is 0.308 e. The van der Waals surface area contributed by atoms with Crippen LogP contribution in [0.25, 0.3) is 0 Å². The molecule has 0 bridgehead atoms. The molecule has 1 aliphatic rings. The average molecular weight is 180 g/mol. The summed E-state index contributed by atoms with van der Waals surface area (Å²) in [6.07, 6.45) is 1.85. The zero-order valence-electron chi connectivity index (χ0n) is 8.42. The highest BCUT2D eigenvalue weighted by Crippen LogP contribution is 2.13. The van der Waals surface area contributed by atoms with Gasteiger partial charge in [0.2, 0.25) is 0 Å². The van der Waals surface area contributed by atoms with Crippen LogP contribution < -0.4 is 5.32 Å². The molecule has 0 spiro atoms. The van der Waals surface area contributed by atoms with Crippen LogP contribution >= 0.6 is 0 Å². The Morgan fingerprint density at radius 1 is 1.62 bits per heavy atom. The summed E-state index contributed by atoms with van der Waals surface area (Å²) in [5.74, 6) is 0.473. The van der Waals surface area contributed by atoms with Crippen molar-refractivity contribution in [2.24, 2.45) is 5.92 Å². The number of urea groups is 1. The van der Waals surface area contributed by atoms with Gasteiger partial charge in [0.15, 0.2) is 0 Å². The Morgan fingerprint density at radius 3 is 2.77 bits per heavy atom. The van der Waals surface area contributed by atoms with Crippen molar-refractivity contribution in [1.29, 1.82) is 0 Å². The third-order valence-corrected chi connectivity index (χ3v) is 1.91. The third kappa shape index (κ3) is 2.34. The quantitative estimate of drug-likeness (QED) is 0.693. The standard InChI is InChI=1S/C10H16N2O/c1-7(2)5-12-6-8(3)9(4)11-10(12)13/h6-7H,4-5H2,1-3H3,(H,11,13). The minimum absolute atomic E-state index is 0.0794. The van der Waals surface area contributed by atoms with Gasteiger partial charge in [0, 0.05) is 18.4 Å². The fraction of sp³-hybridized carbons (Fsp3) is 0.500. The number of allylic oxidation sites excluding steroid dienone is 1. The van der Waals surface area contributed by atoms with Gasteiger partial charge < -0.3 is 10.2 Å². The molecule has 3 nitrogen and oxygen atoms in total. The van der Waals surface area contributed by atoms with Crippen LogP contribution in [0, 0.1) is 5.92 Å². The Hall–Kier alpha value is -1.25. The lowest BCUT2D eigenvalue weighted by Crippen LogP contribution is -2.41. The van der Waals surface area contributed by atoms with Gasteiger partial charge in [-0.05, 0) is 18.4 Å². The van der Waals surface area contributed by atoms with Crippen molar-refractivity contribution in [3.05, 3.63) is 24.0 Å². The molecule has 0 unspecified atom stereocenters. The van der Waals surface area contributed by atoms with Crippen LogP contribution in [0.1, 0.15) is 20.8 Å². The van der Waals surface area contributed by atoms with Gasteiger partial charge in [-0.25, -0.2) is 4.79 Å². The highest BCUT2D eigenvalue weighted by molar-refractivity contribution is 5.80. The molecule has 0 aromatic carbocycles. The lowest BCUT2D eigenvalue weighted by molar-refractivity contribution is 0.211. The van der Waals surface area contributed by atoms with E-state index in [1.807, 2.05) is 13.1 Å². The van der Waals surface area contributed by atoms with Crippen molar-refractivity contribution >= 4 is 6.03 Å². The van der Waals surface area contributed by atoms with E-state index in [-0.39, 0.29) is 6.03 Å². The summed E-state index contributed by atoms with van der Waals surface area (Å²) in [6.45, 7) is 10.6. The van der Waals surface area contributed by atoms with Crippen molar-refractivity contribution in [2.75, 3.05) is 6.54 Å². The van der Waals surface area contributed by atoms with E-state index in [0.717, 1.165) is 12.1 Å². The van der Waals surface area contributed by atoms with Crippen LogP contribution in [0.4, 0.5) is 4.79 Å². The van der Waals surface area contributed by atoms with Gasteiger partial charge in [-0.1, -0.05) is 20.4 Å². The Bertz CT molecular complexity index is 266. The molecule has 1 heterocycles. The van der Waals surface area contributed by atoms with Crippen LogP contribution in [0.2, 0.25) is 0 Å². The Labute approximate surface area is 79.1 Å². The summed E-state index contributed by atoms with van der Waals surface area (Å²) >= 11 is 0. The van der Waals surface area contributed by atoms with Crippen LogP contribution in [-0.4, -0.2) is 17.5 Å². The van der Waals surface area contributed by atoms with E-state index in [1.165, 1.54) is 0 Å². The first-order chi connectivity index (χ1) is 6.00. The molecule has 1 rings (SSSR count). The number of carbonyl (C=O) groups excluding carboxylic acids is 1. The molecule has 0 aromatic heterocycles. The summed E-state index contributed by atoms with van der Waals surface area (Å²) in [6, 6.07) is -0.0794. The minimum atomic E-state index is -0.0794. The molecule has 0 aromatic rings. The lowest BCUT2D eigenvalue weighted by Gasteiger charge is -2.27. The summed E-state index contributed by atoms with van der Waals surface area (Å²) in [5.41, 5.74) is 1.71. The van der Waals surface area contributed by atoms with Crippen molar-refractivity contribution in [1.82, 2.24) is 10.2 Å². The van der Waals surface area contributed by atoms with Gasteiger partial charge in [-0.3, -0.25) is 0 Å². The Kier molecular flexibility index (Phi) is 2.76. The fourth-order valence-corrected chi connectivity index (χ4v) is 1.20. The van der Waals surface area contributed by atoms with Crippen molar-refractivity contribution in [3.63, 3.8) is 0 Å². The number of hydrogen-bond donors (Lipinski definition) is 1. The Balaban J connectivity index is 2.75. The molecule has 1 N–H and O–H groups in total. The highest BCUT2D eigenvalue weighted by Gasteiger charge is 2.18. The van der Waals surface area contributed by atoms with Crippen LogP contribution in [0.3, 0.4) is 0 Å². The first kappa shape index (κ1) is 9.84. The maximum Gasteiger partial charge on any atom is 0.325 e. The average Bonchev–Trinajstić information content (AvgIpc) is 1.99. The predicted octanol–water partition coefficient (Wildman–Crippen LogP) is 2.09. The minimum Gasteiger partial charge on any atom is -0.308 e. The predicted molar refractivity (Wildman–Crippen MR) is 53.0 cm³/mol. The van der Waals surface area contributed by atoms with E-state index in [0.29, 0.717) is 11.6 Å². The van der Waals surface area contributed by atoms with E-state index in [1.54, 1.807) is 4.90 Å². The van der Waals surface area contributed by atoms with Gasteiger partial charge >= 0.3 is 6.03 Å². The van der Waals surface area contributed by atoms with Gasteiger partial charge in [-0.15, -0.1) is 0 Å². The molecule has 2 amide bonds. The number of amides is 2. The fourth-order valence-electron chi connectivity index (χ4n) is 1.20. The van der Waals surface area contributed by atoms with Gasteiger partial charge in [0.25, 0.3) is 0 Å². The second-order valence-corrected chi connectivity index (χ2v) is 3.77. The third-order valence-electron chi connectivity index (χ3n) is 1.91. The second-order valence-electron chi connectivity index (χ2n) is 3.77.